The molecule has 6 nitrogen and oxygen atoms in total. The van der Waals surface area contributed by atoms with E-state index in [-0.39, 0.29) is 17.8 Å². The highest BCUT2D eigenvalue weighted by Gasteiger charge is 2.28. The summed E-state index contributed by atoms with van der Waals surface area (Å²) >= 11 is 0. The van der Waals surface area contributed by atoms with Crippen molar-refractivity contribution < 1.29 is 9.18 Å². The molecule has 1 amide bonds. The first-order valence-electron chi connectivity index (χ1n) is 10.9. The van der Waals surface area contributed by atoms with E-state index in [1.165, 1.54) is 35.4 Å². The number of aromatic amines is 1. The van der Waals surface area contributed by atoms with Gasteiger partial charge in [0.2, 0.25) is 0 Å². The van der Waals surface area contributed by atoms with E-state index in [1.54, 1.807) is 0 Å². The highest BCUT2D eigenvalue weighted by molar-refractivity contribution is 6.05. The van der Waals surface area contributed by atoms with Crippen LogP contribution in [0.25, 0.3) is 10.9 Å². The second kappa shape index (κ2) is 8.24. The number of nitrogens with one attached hydrogen (secondary N) is 2. The molecule has 2 atom stereocenters. The summed E-state index contributed by atoms with van der Waals surface area (Å²) in [6.45, 7) is 0. The minimum Gasteiger partial charge on any atom is -0.357 e. The fraction of sp³-hybridized carbons (Fsp3) is 0.280. The first-order valence-corrected chi connectivity index (χ1v) is 10.9. The Kier molecular flexibility index (Phi) is 5.27. The van der Waals surface area contributed by atoms with E-state index in [1.807, 2.05) is 36.1 Å². The minimum atomic E-state index is -0.364. The number of benzene rings is 2. The molecule has 0 saturated heterocycles. The van der Waals surface area contributed by atoms with Crippen LogP contribution >= 0.6 is 0 Å². The summed E-state index contributed by atoms with van der Waals surface area (Å²) in [5.41, 5.74) is 12.3. The molecule has 2 heterocycles. The molecule has 1 aliphatic carbocycles. The predicted octanol–water partition coefficient (Wildman–Crippen LogP) is 4.49. The van der Waals surface area contributed by atoms with Gasteiger partial charge in [-0.15, -0.1) is 0 Å². The monoisotopic (exact) mass is 431 g/mol. The Morgan fingerprint density at radius 2 is 2.09 bits per heavy atom. The van der Waals surface area contributed by atoms with Crippen molar-refractivity contribution in [1.82, 2.24) is 14.8 Å². The molecule has 4 N–H and O–H groups in total. The van der Waals surface area contributed by atoms with Gasteiger partial charge in [-0.1, -0.05) is 0 Å². The molecule has 7 heteroatoms. The van der Waals surface area contributed by atoms with Crippen LogP contribution in [-0.2, 0) is 19.9 Å². The molecule has 0 fully saturated rings. The van der Waals surface area contributed by atoms with Gasteiger partial charge in [-0.3, -0.25) is 9.48 Å². The second-order valence-electron chi connectivity index (χ2n) is 8.71. The Bertz CT molecular complexity index is 1270. The highest BCUT2D eigenvalue weighted by Crippen LogP contribution is 2.38. The number of halogens is 1. The molecule has 32 heavy (non-hydrogen) atoms. The maximum atomic E-state index is 13.1. The van der Waals surface area contributed by atoms with Crippen molar-refractivity contribution in [3.05, 3.63) is 83.1 Å². The SMILES string of the molecule is Cn1cc(CCC2Cc3c([nH]c4ccc(NC(=O)c5ccc(F)cc5)cc34)C(N)C2)cn1. The van der Waals surface area contributed by atoms with E-state index >= 15 is 0 Å². The molecule has 0 saturated carbocycles. The highest BCUT2D eigenvalue weighted by atomic mass is 19.1. The van der Waals surface area contributed by atoms with E-state index in [2.05, 4.69) is 21.6 Å². The molecule has 2 unspecified atom stereocenters. The van der Waals surface area contributed by atoms with Crippen LogP contribution in [0, 0.1) is 11.7 Å². The number of anilines is 1. The van der Waals surface area contributed by atoms with Crippen molar-refractivity contribution in [3.8, 4) is 0 Å². The summed E-state index contributed by atoms with van der Waals surface area (Å²) in [5, 5.41) is 8.28. The lowest BCUT2D eigenvalue weighted by atomic mass is 9.81. The number of hydrogen-bond acceptors (Lipinski definition) is 3. The zero-order valence-corrected chi connectivity index (χ0v) is 17.9. The zero-order chi connectivity index (χ0) is 22.2. The van der Waals surface area contributed by atoms with Gasteiger partial charge < -0.3 is 16.0 Å². The van der Waals surface area contributed by atoms with E-state index in [0.717, 1.165) is 42.3 Å². The average Bonchev–Trinajstić information content (AvgIpc) is 3.36. The molecule has 4 aromatic rings. The molecule has 2 aromatic carbocycles. The molecule has 0 bridgehead atoms. The van der Waals surface area contributed by atoms with Gasteiger partial charge in [0.15, 0.2) is 0 Å². The molecule has 0 aliphatic heterocycles. The van der Waals surface area contributed by atoms with Crippen molar-refractivity contribution in [2.24, 2.45) is 18.7 Å². The van der Waals surface area contributed by atoms with Gasteiger partial charge in [0.1, 0.15) is 5.82 Å². The summed E-state index contributed by atoms with van der Waals surface area (Å²) in [7, 11) is 1.94. The van der Waals surface area contributed by atoms with Gasteiger partial charge in [-0.25, -0.2) is 4.39 Å². The number of carbonyl (C=O) groups excluding carboxylic acids is 1. The van der Waals surface area contributed by atoms with Gasteiger partial charge in [-0.05, 0) is 85.2 Å². The minimum absolute atomic E-state index is 0.0256. The normalized spacial score (nSPS) is 18.0. The van der Waals surface area contributed by atoms with Crippen molar-refractivity contribution in [2.75, 3.05) is 5.32 Å². The van der Waals surface area contributed by atoms with Crippen molar-refractivity contribution in [3.63, 3.8) is 0 Å². The number of nitrogens with zero attached hydrogens (tertiary/aromatic N) is 2. The molecule has 1 aliphatic rings. The van der Waals surface area contributed by atoms with E-state index < -0.39 is 0 Å². The zero-order valence-electron chi connectivity index (χ0n) is 17.9. The molecule has 0 spiro atoms. The lowest BCUT2D eigenvalue weighted by Gasteiger charge is -2.27. The third kappa shape index (κ3) is 4.03. The lowest BCUT2D eigenvalue weighted by Crippen LogP contribution is -2.24. The van der Waals surface area contributed by atoms with Gasteiger partial charge in [0.05, 0.1) is 6.20 Å². The summed E-state index contributed by atoms with van der Waals surface area (Å²) in [6.07, 6.45) is 7.95. The number of aryl methyl sites for hydroxylation is 2. The van der Waals surface area contributed by atoms with Crippen LogP contribution in [0.15, 0.2) is 54.9 Å². The van der Waals surface area contributed by atoms with E-state index in [9.17, 15) is 9.18 Å². The fourth-order valence-corrected chi connectivity index (χ4v) is 4.73. The van der Waals surface area contributed by atoms with E-state index in [4.69, 9.17) is 5.73 Å². The number of amides is 1. The van der Waals surface area contributed by atoms with Crippen molar-refractivity contribution in [1.29, 1.82) is 0 Å². The summed E-state index contributed by atoms with van der Waals surface area (Å²) in [4.78, 5) is 16.0. The fourth-order valence-electron chi connectivity index (χ4n) is 4.73. The van der Waals surface area contributed by atoms with E-state index in [0.29, 0.717) is 17.2 Å². The third-order valence-corrected chi connectivity index (χ3v) is 6.35. The Morgan fingerprint density at radius 1 is 1.28 bits per heavy atom. The number of rotatable bonds is 5. The van der Waals surface area contributed by atoms with Crippen molar-refractivity contribution in [2.45, 2.75) is 31.7 Å². The number of carbonyl (C=O) groups is 1. The molecule has 0 radical (unpaired) electrons. The Hall–Kier alpha value is -3.45. The van der Waals surface area contributed by atoms with Gasteiger partial charge in [0, 0.05) is 47.1 Å². The average molecular weight is 432 g/mol. The Morgan fingerprint density at radius 3 is 2.84 bits per heavy atom. The number of aromatic nitrogens is 3. The molecule has 5 rings (SSSR count). The molecule has 164 valence electrons. The van der Waals surface area contributed by atoms with Gasteiger partial charge in [-0.2, -0.15) is 5.10 Å². The Balaban J connectivity index is 1.36. The van der Waals surface area contributed by atoms with Crippen molar-refractivity contribution >= 4 is 22.5 Å². The standard InChI is InChI=1S/C25H26FN5O/c1-31-14-16(13-28-31)3-2-15-10-21-20-12-19(8-9-23(20)30-24(21)22(27)11-15)29-25(32)17-4-6-18(26)7-5-17/h4-9,12-15,22,30H,2-3,10-11,27H2,1H3,(H,29,32). The number of nitrogens with two attached hydrogens (primary N) is 1. The smallest absolute Gasteiger partial charge is 0.255 e. The maximum absolute atomic E-state index is 13.1. The van der Waals surface area contributed by atoms with Crippen LogP contribution in [0.2, 0.25) is 0 Å². The summed E-state index contributed by atoms with van der Waals surface area (Å²) in [5.74, 6) is -0.134. The number of H-pyrrole nitrogens is 1. The van der Waals surface area contributed by atoms with Crippen LogP contribution in [0.4, 0.5) is 10.1 Å². The quantitative estimate of drug-likeness (QED) is 0.435. The van der Waals surface area contributed by atoms with Crippen LogP contribution in [0.3, 0.4) is 0 Å². The largest absolute Gasteiger partial charge is 0.357 e. The van der Waals surface area contributed by atoms with Crippen LogP contribution < -0.4 is 11.1 Å². The van der Waals surface area contributed by atoms with Crippen LogP contribution in [-0.4, -0.2) is 20.7 Å². The van der Waals surface area contributed by atoms with Gasteiger partial charge in [0.25, 0.3) is 5.91 Å². The lowest BCUT2D eigenvalue weighted by molar-refractivity contribution is 0.102. The first kappa shape index (κ1) is 20.5. The molecular formula is C25H26FN5O. The third-order valence-electron chi connectivity index (χ3n) is 6.35. The van der Waals surface area contributed by atoms with Gasteiger partial charge >= 0.3 is 0 Å². The Labute approximate surface area is 185 Å². The summed E-state index contributed by atoms with van der Waals surface area (Å²) in [6, 6.07) is 11.4. The second-order valence-corrected chi connectivity index (χ2v) is 8.71. The maximum Gasteiger partial charge on any atom is 0.255 e. The topological polar surface area (TPSA) is 88.7 Å². The van der Waals surface area contributed by atoms with Crippen LogP contribution in [0.1, 0.15) is 46.1 Å². The van der Waals surface area contributed by atoms with Crippen LogP contribution in [0.5, 0.6) is 0 Å². The summed E-state index contributed by atoms with van der Waals surface area (Å²) < 4.78 is 15.0. The molecule has 2 aromatic heterocycles. The predicted molar refractivity (Wildman–Crippen MR) is 123 cm³/mol. The first-order chi connectivity index (χ1) is 15.5. The number of hydrogen-bond donors (Lipinski definition) is 3. The molecular weight excluding hydrogens is 405 g/mol. The number of fused-ring (bicyclic) bond motifs is 3.